The maximum absolute atomic E-state index is 9.20. The van der Waals surface area contributed by atoms with Gasteiger partial charge in [-0.15, -0.1) is 30.6 Å². The van der Waals surface area contributed by atoms with E-state index in [-0.39, 0.29) is 30.1 Å². The third kappa shape index (κ3) is 3.95. The van der Waals surface area contributed by atoms with Gasteiger partial charge in [-0.1, -0.05) is 6.08 Å². The molecule has 0 bridgehead atoms. The predicted octanol–water partition coefficient (Wildman–Crippen LogP) is 0.172. The summed E-state index contributed by atoms with van der Waals surface area (Å²) in [5, 5.41) is 9.20. The number of halogens is 1. The molecule has 0 aromatic carbocycles. The molecule has 1 aliphatic heterocycles. The Labute approximate surface area is 95.5 Å². The molecule has 1 atom stereocenters. The first-order valence-electron chi connectivity index (χ1n) is 4.08. The maximum Gasteiger partial charge on any atom is 0.191 e. The number of β-amino-alcohol motifs (C(OH)–C–C–N with tert-alkyl or cyclic N) is 1. The van der Waals surface area contributed by atoms with E-state index in [2.05, 4.69) is 11.6 Å². The molecule has 0 saturated carbocycles. The van der Waals surface area contributed by atoms with Gasteiger partial charge < -0.3 is 15.7 Å². The molecular formula is C8H16IN3O. The molecule has 1 rings (SSSR count). The Morgan fingerprint density at radius 2 is 2.46 bits per heavy atom. The zero-order valence-electron chi connectivity index (χ0n) is 7.52. The minimum absolute atomic E-state index is 0. The molecule has 1 fully saturated rings. The van der Waals surface area contributed by atoms with E-state index in [1.165, 1.54) is 0 Å². The van der Waals surface area contributed by atoms with Crippen molar-refractivity contribution in [3.05, 3.63) is 12.7 Å². The van der Waals surface area contributed by atoms with Crippen molar-refractivity contribution in [3.63, 3.8) is 0 Å². The molecule has 5 heteroatoms. The molecule has 0 spiro atoms. The summed E-state index contributed by atoms with van der Waals surface area (Å²) in [6, 6.07) is 0. The van der Waals surface area contributed by atoms with Gasteiger partial charge >= 0.3 is 0 Å². The van der Waals surface area contributed by atoms with Crippen molar-refractivity contribution < 1.29 is 5.11 Å². The minimum atomic E-state index is -0.248. The average molecular weight is 297 g/mol. The number of aliphatic hydroxyl groups excluding tert-OH is 1. The normalized spacial score (nSPS) is 22.7. The van der Waals surface area contributed by atoms with Gasteiger partial charge in [0, 0.05) is 13.1 Å². The van der Waals surface area contributed by atoms with Gasteiger partial charge in [0.15, 0.2) is 5.96 Å². The van der Waals surface area contributed by atoms with Crippen LogP contribution in [0.5, 0.6) is 0 Å². The molecule has 3 N–H and O–H groups in total. The number of aliphatic imine (C=N–C) groups is 1. The van der Waals surface area contributed by atoms with Gasteiger partial charge in [0.2, 0.25) is 0 Å². The Bertz CT molecular complexity index is 196. The lowest BCUT2D eigenvalue weighted by Crippen LogP contribution is -2.36. The minimum Gasteiger partial charge on any atom is -0.391 e. The van der Waals surface area contributed by atoms with Gasteiger partial charge in [0.05, 0.1) is 12.6 Å². The van der Waals surface area contributed by atoms with E-state index in [0.29, 0.717) is 19.0 Å². The number of hydrogen-bond donors (Lipinski definition) is 2. The monoisotopic (exact) mass is 297 g/mol. The van der Waals surface area contributed by atoms with Gasteiger partial charge in [0.25, 0.3) is 0 Å². The molecule has 0 aromatic rings. The van der Waals surface area contributed by atoms with E-state index < -0.39 is 0 Å². The topological polar surface area (TPSA) is 61.8 Å². The van der Waals surface area contributed by atoms with Crippen LogP contribution in [0.25, 0.3) is 0 Å². The molecule has 0 aliphatic carbocycles. The Hall–Kier alpha value is -0.300. The first-order valence-corrected chi connectivity index (χ1v) is 4.08. The Kier molecular flexibility index (Phi) is 6.06. The lowest BCUT2D eigenvalue weighted by Gasteiger charge is -2.15. The molecule has 4 nitrogen and oxygen atoms in total. The number of nitrogens with two attached hydrogens (primary N) is 1. The van der Waals surface area contributed by atoms with Crippen molar-refractivity contribution in [1.82, 2.24) is 4.90 Å². The second-order valence-corrected chi connectivity index (χ2v) is 2.88. The number of guanidine groups is 1. The molecular weight excluding hydrogens is 281 g/mol. The molecule has 0 radical (unpaired) electrons. The van der Waals surface area contributed by atoms with Crippen molar-refractivity contribution in [2.45, 2.75) is 12.5 Å². The molecule has 1 saturated heterocycles. The number of nitrogens with zero attached hydrogens (tertiary/aromatic N) is 2. The highest BCUT2D eigenvalue weighted by Gasteiger charge is 2.20. The van der Waals surface area contributed by atoms with Crippen molar-refractivity contribution in [1.29, 1.82) is 0 Å². The first-order chi connectivity index (χ1) is 5.74. The summed E-state index contributed by atoms with van der Waals surface area (Å²) in [7, 11) is 0. The Balaban J connectivity index is 0.00000144. The Morgan fingerprint density at radius 3 is 2.92 bits per heavy atom. The highest BCUT2D eigenvalue weighted by molar-refractivity contribution is 14.0. The third-order valence-electron chi connectivity index (χ3n) is 1.87. The molecule has 76 valence electrons. The summed E-state index contributed by atoms with van der Waals surface area (Å²) in [5.41, 5.74) is 5.64. The predicted molar refractivity (Wildman–Crippen MR) is 64.3 cm³/mol. The van der Waals surface area contributed by atoms with Crippen LogP contribution < -0.4 is 5.73 Å². The number of likely N-dealkylation sites (tertiary alicyclic amines) is 1. The molecule has 0 amide bonds. The second kappa shape index (κ2) is 6.20. The average Bonchev–Trinajstić information content (AvgIpc) is 2.47. The fourth-order valence-electron chi connectivity index (χ4n) is 1.21. The number of aliphatic hydroxyl groups is 1. The van der Waals surface area contributed by atoms with Crippen LogP contribution in [0.3, 0.4) is 0 Å². The first kappa shape index (κ1) is 12.7. The van der Waals surface area contributed by atoms with Crippen LogP contribution in [0.4, 0.5) is 0 Å². The summed E-state index contributed by atoms with van der Waals surface area (Å²) in [4.78, 5) is 5.93. The van der Waals surface area contributed by atoms with Gasteiger partial charge in [-0.25, -0.2) is 4.99 Å². The van der Waals surface area contributed by atoms with E-state index in [0.717, 1.165) is 13.0 Å². The van der Waals surface area contributed by atoms with Crippen LogP contribution in [0, 0.1) is 0 Å². The summed E-state index contributed by atoms with van der Waals surface area (Å²) in [6.45, 7) is 5.49. The molecule has 1 unspecified atom stereocenters. The quantitative estimate of drug-likeness (QED) is 0.331. The fraction of sp³-hybridized carbons (Fsp3) is 0.625. The third-order valence-corrected chi connectivity index (χ3v) is 1.87. The van der Waals surface area contributed by atoms with Crippen molar-refractivity contribution >= 4 is 29.9 Å². The lowest BCUT2D eigenvalue weighted by molar-refractivity contribution is 0.188. The van der Waals surface area contributed by atoms with Gasteiger partial charge in [-0.3, -0.25) is 0 Å². The van der Waals surface area contributed by atoms with E-state index >= 15 is 0 Å². The summed E-state index contributed by atoms with van der Waals surface area (Å²) < 4.78 is 0. The van der Waals surface area contributed by atoms with Crippen molar-refractivity contribution in [3.8, 4) is 0 Å². The van der Waals surface area contributed by atoms with E-state index in [9.17, 15) is 5.11 Å². The summed E-state index contributed by atoms with van der Waals surface area (Å²) in [6.07, 6.45) is 2.23. The Morgan fingerprint density at radius 1 is 1.77 bits per heavy atom. The highest BCUT2D eigenvalue weighted by Crippen LogP contribution is 2.07. The van der Waals surface area contributed by atoms with Gasteiger partial charge in [-0.05, 0) is 6.42 Å². The van der Waals surface area contributed by atoms with Crippen LogP contribution in [0.1, 0.15) is 6.42 Å². The van der Waals surface area contributed by atoms with E-state index in [1.807, 2.05) is 4.90 Å². The SMILES string of the molecule is C=CCN=C(N)N1CCC(O)C1.I. The van der Waals surface area contributed by atoms with Crippen molar-refractivity contribution in [2.75, 3.05) is 19.6 Å². The number of rotatable bonds is 2. The zero-order valence-corrected chi connectivity index (χ0v) is 9.85. The zero-order chi connectivity index (χ0) is 8.97. The molecule has 13 heavy (non-hydrogen) atoms. The smallest absolute Gasteiger partial charge is 0.191 e. The van der Waals surface area contributed by atoms with Crippen LogP contribution in [-0.2, 0) is 0 Å². The van der Waals surface area contributed by atoms with E-state index in [4.69, 9.17) is 5.73 Å². The standard InChI is InChI=1S/C8H15N3O.HI/c1-2-4-10-8(9)11-5-3-7(12)6-11;/h2,7,12H,1,3-6H2,(H2,9,10);1H. The second-order valence-electron chi connectivity index (χ2n) is 2.88. The summed E-state index contributed by atoms with van der Waals surface area (Å²) >= 11 is 0. The molecule has 0 aromatic heterocycles. The maximum atomic E-state index is 9.20. The van der Waals surface area contributed by atoms with E-state index in [1.54, 1.807) is 6.08 Å². The molecule has 1 heterocycles. The van der Waals surface area contributed by atoms with Crippen LogP contribution in [0.2, 0.25) is 0 Å². The lowest BCUT2D eigenvalue weighted by atomic mass is 10.3. The van der Waals surface area contributed by atoms with Gasteiger partial charge in [0.1, 0.15) is 0 Å². The van der Waals surface area contributed by atoms with Crippen LogP contribution in [0.15, 0.2) is 17.6 Å². The van der Waals surface area contributed by atoms with Crippen molar-refractivity contribution in [2.24, 2.45) is 10.7 Å². The van der Waals surface area contributed by atoms with Crippen LogP contribution >= 0.6 is 24.0 Å². The molecule has 1 aliphatic rings. The highest BCUT2D eigenvalue weighted by atomic mass is 127. The van der Waals surface area contributed by atoms with Crippen LogP contribution in [-0.4, -0.2) is 41.7 Å². The summed E-state index contributed by atoms with van der Waals surface area (Å²) in [5.74, 6) is 0.506. The number of hydrogen-bond acceptors (Lipinski definition) is 2. The fourth-order valence-corrected chi connectivity index (χ4v) is 1.21. The van der Waals surface area contributed by atoms with Gasteiger partial charge in [-0.2, -0.15) is 0 Å². The largest absolute Gasteiger partial charge is 0.391 e.